The minimum atomic E-state index is -3.93. The summed E-state index contributed by atoms with van der Waals surface area (Å²) in [5.74, 6) is 0. The molecule has 98 valence electrons. The molecule has 1 aromatic heterocycles. The van der Waals surface area contributed by atoms with Crippen molar-refractivity contribution in [2.75, 3.05) is 0 Å². The fourth-order valence-electron chi connectivity index (χ4n) is 1.89. The number of aryl methyl sites for hydroxylation is 2. The van der Waals surface area contributed by atoms with Crippen LogP contribution in [0.15, 0.2) is 24.3 Å². The molecule has 1 heterocycles. The van der Waals surface area contributed by atoms with Crippen molar-refractivity contribution in [3.63, 3.8) is 0 Å². The molecule has 0 aliphatic heterocycles. The van der Waals surface area contributed by atoms with Crippen LogP contribution in [0.3, 0.4) is 0 Å². The molecule has 1 atom stereocenters. The smallest absolute Gasteiger partial charge is 0.267 e. The third-order valence-corrected chi connectivity index (χ3v) is 5.40. The molecule has 4 nitrogen and oxygen atoms in total. The van der Waals surface area contributed by atoms with E-state index in [1.54, 1.807) is 11.3 Å². The van der Waals surface area contributed by atoms with Crippen molar-refractivity contribution in [3.8, 4) is 0 Å². The summed E-state index contributed by atoms with van der Waals surface area (Å²) in [6.07, 6.45) is 0.408. The van der Waals surface area contributed by atoms with E-state index in [2.05, 4.69) is 10.6 Å². The SMILES string of the molecule is Cc1sc2ccccc2[n+]1CCC(C)S(=O)(=O)O. The summed E-state index contributed by atoms with van der Waals surface area (Å²) in [6.45, 7) is 4.14. The molecule has 2 aromatic rings. The predicted octanol–water partition coefficient (Wildman–Crippen LogP) is 2.16. The van der Waals surface area contributed by atoms with E-state index in [1.165, 1.54) is 11.6 Å². The van der Waals surface area contributed by atoms with Crippen LogP contribution in [0.4, 0.5) is 0 Å². The number of rotatable bonds is 4. The van der Waals surface area contributed by atoms with E-state index in [1.807, 2.05) is 25.1 Å². The van der Waals surface area contributed by atoms with Gasteiger partial charge in [0.25, 0.3) is 10.1 Å². The topological polar surface area (TPSA) is 58.2 Å². The van der Waals surface area contributed by atoms with Crippen molar-refractivity contribution in [2.24, 2.45) is 0 Å². The first-order chi connectivity index (χ1) is 8.39. The standard InChI is InChI=1S/C12H15NO3S2/c1-9(18(14,15)16)7-8-13-10(2)17-12-6-4-3-5-11(12)13/h3-6,9H,7-8H2,1-2H3/p+1. The highest BCUT2D eigenvalue weighted by atomic mass is 32.2. The van der Waals surface area contributed by atoms with Gasteiger partial charge in [0.1, 0.15) is 4.70 Å². The van der Waals surface area contributed by atoms with Crippen LogP contribution >= 0.6 is 11.3 Å². The van der Waals surface area contributed by atoms with Gasteiger partial charge in [-0.1, -0.05) is 23.5 Å². The average molecular weight is 286 g/mol. The zero-order chi connectivity index (χ0) is 13.3. The van der Waals surface area contributed by atoms with Gasteiger partial charge < -0.3 is 0 Å². The summed E-state index contributed by atoms with van der Waals surface area (Å²) in [6, 6.07) is 8.04. The lowest BCUT2D eigenvalue weighted by Crippen LogP contribution is -2.37. The van der Waals surface area contributed by atoms with Crippen molar-refractivity contribution < 1.29 is 17.5 Å². The van der Waals surface area contributed by atoms with Gasteiger partial charge in [0.15, 0.2) is 6.54 Å². The lowest BCUT2D eigenvalue weighted by atomic mass is 10.3. The molecule has 0 saturated carbocycles. The Morgan fingerprint density at radius 2 is 2.06 bits per heavy atom. The number of aromatic nitrogens is 1. The Morgan fingerprint density at radius 1 is 1.39 bits per heavy atom. The normalized spacial score (nSPS) is 13.9. The summed E-state index contributed by atoms with van der Waals surface area (Å²) in [7, 11) is -3.93. The van der Waals surface area contributed by atoms with Gasteiger partial charge in [-0.2, -0.15) is 13.0 Å². The molecular formula is C12H16NO3S2+. The number of para-hydroxylation sites is 1. The van der Waals surface area contributed by atoms with E-state index in [-0.39, 0.29) is 0 Å². The molecule has 1 unspecified atom stereocenters. The van der Waals surface area contributed by atoms with Crippen LogP contribution in [0.5, 0.6) is 0 Å². The number of nitrogens with zero attached hydrogens (tertiary/aromatic N) is 1. The maximum atomic E-state index is 11.0. The summed E-state index contributed by atoms with van der Waals surface area (Å²) in [5.41, 5.74) is 1.11. The number of hydrogen-bond acceptors (Lipinski definition) is 3. The Morgan fingerprint density at radius 3 is 2.72 bits per heavy atom. The maximum Gasteiger partial charge on any atom is 0.267 e. The highest BCUT2D eigenvalue weighted by molar-refractivity contribution is 7.86. The Hall–Kier alpha value is -0.980. The van der Waals surface area contributed by atoms with Crippen LogP contribution in [0.1, 0.15) is 18.4 Å². The Balaban J connectivity index is 2.25. The molecule has 0 aliphatic rings. The molecule has 2 rings (SSSR count). The zero-order valence-corrected chi connectivity index (χ0v) is 12.0. The third kappa shape index (κ3) is 2.71. The Bertz CT molecular complexity index is 661. The first-order valence-electron chi connectivity index (χ1n) is 5.74. The summed E-state index contributed by atoms with van der Waals surface area (Å²) in [5, 5.41) is 0.404. The molecule has 0 amide bonds. The largest absolute Gasteiger partial charge is 0.285 e. The molecule has 6 heteroatoms. The minimum Gasteiger partial charge on any atom is -0.285 e. The van der Waals surface area contributed by atoms with E-state index in [9.17, 15) is 8.42 Å². The predicted molar refractivity (Wildman–Crippen MR) is 72.4 cm³/mol. The molecule has 0 bridgehead atoms. The van der Waals surface area contributed by atoms with Gasteiger partial charge in [0, 0.05) is 19.4 Å². The van der Waals surface area contributed by atoms with E-state index in [4.69, 9.17) is 4.55 Å². The molecule has 0 fully saturated rings. The molecule has 0 spiro atoms. The van der Waals surface area contributed by atoms with Crippen molar-refractivity contribution in [1.82, 2.24) is 0 Å². The van der Waals surface area contributed by atoms with Gasteiger partial charge in [0.05, 0.1) is 5.25 Å². The van der Waals surface area contributed by atoms with E-state index in [0.717, 1.165) is 10.5 Å². The maximum absolute atomic E-state index is 11.0. The van der Waals surface area contributed by atoms with E-state index >= 15 is 0 Å². The van der Waals surface area contributed by atoms with Crippen LogP contribution in [0.2, 0.25) is 0 Å². The van der Waals surface area contributed by atoms with Gasteiger partial charge in [-0.3, -0.25) is 4.55 Å². The van der Waals surface area contributed by atoms with Gasteiger partial charge in [-0.15, -0.1) is 0 Å². The second kappa shape index (κ2) is 4.95. The van der Waals surface area contributed by atoms with E-state index < -0.39 is 15.4 Å². The third-order valence-electron chi connectivity index (χ3n) is 3.06. The van der Waals surface area contributed by atoms with Gasteiger partial charge in [-0.25, -0.2) is 0 Å². The molecule has 0 saturated heterocycles. The number of hydrogen-bond donors (Lipinski definition) is 1. The Kier molecular flexibility index (Phi) is 3.70. The fraction of sp³-hybridized carbons (Fsp3) is 0.417. The molecule has 1 N–H and O–H groups in total. The second-order valence-corrected chi connectivity index (χ2v) is 7.42. The van der Waals surface area contributed by atoms with E-state index in [0.29, 0.717) is 13.0 Å². The summed E-state index contributed by atoms with van der Waals surface area (Å²) in [4.78, 5) is 0. The zero-order valence-electron chi connectivity index (χ0n) is 10.3. The summed E-state index contributed by atoms with van der Waals surface area (Å²) < 4.78 is 34.2. The van der Waals surface area contributed by atoms with Crippen molar-refractivity contribution >= 4 is 31.7 Å². The number of fused-ring (bicyclic) bond motifs is 1. The molecule has 18 heavy (non-hydrogen) atoms. The molecule has 0 aliphatic carbocycles. The number of benzene rings is 1. The Labute approximate surface area is 111 Å². The van der Waals surface area contributed by atoms with Crippen molar-refractivity contribution in [1.29, 1.82) is 0 Å². The van der Waals surface area contributed by atoms with Crippen LogP contribution in [-0.2, 0) is 16.7 Å². The van der Waals surface area contributed by atoms with Gasteiger partial charge >= 0.3 is 0 Å². The highest BCUT2D eigenvalue weighted by Gasteiger charge is 2.22. The van der Waals surface area contributed by atoms with Gasteiger partial charge in [-0.05, 0) is 13.0 Å². The highest BCUT2D eigenvalue weighted by Crippen LogP contribution is 2.19. The minimum absolute atomic E-state index is 0.408. The van der Waals surface area contributed by atoms with Crippen LogP contribution in [0.25, 0.3) is 10.2 Å². The molecule has 0 radical (unpaired) electrons. The first kappa shape index (κ1) is 13.5. The quantitative estimate of drug-likeness (QED) is 0.692. The van der Waals surface area contributed by atoms with Crippen molar-refractivity contribution in [2.45, 2.75) is 32.1 Å². The number of thiazole rings is 1. The molecular weight excluding hydrogens is 270 g/mol. The fourth-order valence-corrected chi connectivity index (χ4v) is 3.34. The first-order valence-corrected chi connectivity index (χ1v) is 8.06. The van der Waals surface area contributed by atoms with Crippen LogP contribution in [-0.4, -0.2) is 18.2 Å². The lowest BCUT2D eigenvalue weighted by molar-refractivity contribution is -0.673. The van der Waals surface area contributed by atoms with Crippen molar-refractivity contribution in [3.05, 3.63) is 29.3 Å². The second-order valence-electron chi connectivity index (χ2n) is 4.35. The average Bonchev–Trinajstić information content (AvgIpc) is 2.60. The molecule has 1 aromatic carbocycles. The van der Waals surface area contributed by atoms with Crippen LogP contribution < -0.4 is 4.57 Å². The summed E-state index contributed by atoms with van der Waals surface area (Å²) >= 11 is 1.69. The monoisotopic (exact) mass is 286 g/mol. The van der Waals surface area contributed by atoms with Crippen LogP contribution in [0, 0.1) is 6.92 Å². The van der Waals surface area contributed by atoms with Gasteiger partial charge in [0.2, 0.25) is 10.5 Å². The lowest BCUT2D eigenvalue weighted by Gasteiger charge is -2.04.